The number of fused-ring (bicyclic) bond motifs is 1. The van der Waals surface area contributed by atoms with Gasteiger partial charge in [0.1, 0.15) is 0 Å². The lowest BCUT2D eigenvalue weighted by molar-refractivity contribution is 0.243. The lowest BCUT2D eigenvalue weighted by Crippen LogP contribution is -2.35. The molecular weight excluding hydrogens is 238 g/mol. The summed E-state index contributed by atoms with van der Waals surface area (Å²) in [5.41, 5.74) is 2.30. The Bertz CT molecular complexity index is 453. The van der Waals surface area contributed by atoms with Gasteiger partial charge in [-0.05, 0) is 40.0 Å². The van der Waals surface area contributed by atoms with Crippen molar-refractivity contribution in [3.8, 4) is 0 Å². The van der Waals surface area contributed by atoms with Gasteiger partial charge < -0.3 is 9.88 Å². The van der Waals surface area contributed by atoms with Crippen molar-refractivity contribution in [1.82, 2.24) is 14.8 Å². The first-order valence-electron chi connectivity index (χ1n) is 7.23. The van der Waals surface area contributed by atoms with Crippen molar-refractivity contribution < 1.29 is 0 Å². The number of unbranched alkanes of at least 4 members (excludes halogenated alkanes) is 2. The molecule has 0 saturated heterocycles. The van der Waals surface area contributed by atoms with Crippen LogP contribution in [0.4, 0.5) is 0 Å². The lowest BCUT2D eigenvalue weighted by atomic mass is 10.0. The molecule has 19 heavy (non-hydrogen) atoms. The second-order valence-electron chi connectivity index (χ2n) is 5.69. The van der Waals surface area contributed by atoms with Gasteiger partial charge in [0, 0.05) is 43.0 Å². The number of hydrogen-bond acceptors (Lipinski definition) is 3. The molecule has 1 aromatic heterocycles. The highest BCUT2D eigenvalue weighted by Crippen LogP contribution is 2.14. The number of nitrogens with one attached hydrogen (secondary N) is 1. The van der Waals surface area contributed by atoms with Crippen LogP contribution < -0.4 is 5.43 Å². The maximum atomic E-state index is 11.8. The molecule has 0 bridgehead atoms. The highest BCUT2D eigenvalue weighted by Gasteiger charge is 2.17. The van der Waals surface area contributed by atoms with Gasteiger partial charge in [0.15, 0.2) is 5.43 Å². The number of aromatic nitrogens is 1. The fourth-order valence-corrected chi connectivity index (χ4v) is 2.65. The van der Waals surface area contributed by atoms with Crippen molar-refractivity contribution in [2.24, 2.45) is 0 Å². The van der Waals surface area contributed by atoms with Crippen molar-refractivity contribution in [2.45, 2.75) is 32.2 Å². The summed E-state index contributed by atoms with van der Waals surface area (Å²) in [6.07, 6.45) is 6.50. The van der Waals surface area contributed by atoms with Gasteiger partial charge in [-0.1, -0.05) is 6.42 Å². The van der Waals surface area contributed by atoms with E-state index < -0.39 is 0 Å². The van der Waals surface area contributed by atoms with Crippen molar-refractivity contribution in [2.75, 3.05) is 33.7 Å². The molecule has 0 saturated carbocycles. The van der Waals surface area contributed by atoms with Crippen molar-refractivity contribution >= 4 is 0 Å². The summed E-state index contributed by atoms with van der Waals surface area (Å²) in [4.78, 5) is 19.7. The second-order valence-corrected chi connectivity index (χ2v) is 5.69. The highest BCUT2D eigenvalue weighted by atomic mass is 16.1. The Balaban J connectivity index is 1.76. The SMILES string of the molecule is CN(C)CCCCCN1CCc2[nH]ccc(=O)c2C1. The van der Waals surface area contributed by atoms with Crippen LogP contribution in [-0.2, 0) is 13.0 Å². The molecule has 106 valence electrons. The molecule has 4 heteroatoms. The Morgan fingerprint density at radius 3 is 2.95 bits per heavy atom. The predicted molar refractivity (Wildman–Crippen MR) is 78.4 cm³/mol. The van der Waals surface area contributed by atoms with Gasteiger partial charge in [0.05, 0.1) is 0 Å². The molecule has 1 N–H and O–H groups in total. The Kier molecular flexibility index (Phi) is 5.16. The van der Waals surface area contributed by atoms with Crippen molar-refractivity contribution in [3.63, 3.8) is 0 Å². The van der Waals surface area contributed by atoms with E-state index in [1.807, 2.05) is 0 Å². The number of aromatic amines is 1. The smallest absolute Gasteiger partial charge is 0.186 e. The quantitative estimate of drug-likeness (QED) is 0.790. The Labute approximate surface area is 115 Å². The van der Waals surface area contributed by atoms with Gasteiger partial charge in [-0.3, -0.25) is 9.69 Å². The Hall–Kier alpha value is -1.13. The van der Waals surface area contributed by atoms with Gasteiger partial charge in [0.25, 0.3) is 0 Å². The molecule has 1 aromatic rings. The third-order valence-corrected chi connectivity index (χ3v) is 3.79. The van der Waals surface area contributed by atoms with Gasteiger partial charge in [-0.2, -0.15) is 0 Å². The molecule has 0 aliphatic carbocycles. The Morgan fingerprint density at radius 2 is 2.16 bits per heavy atom. The third kappa shape index (κ3) is 4.18. The fraction of sp³-hybridized carbons (Fsp3) is 0.667. The zero-order valence-corrected chi connectivity index (χ0v) is 12.1. The zero-order valence-electron chi connectivity index (χ0n) is 12.1. The van der Waals surface area contributed by atoms with Crippen LogP contribution in [0.3, 0.4) is 0 Å². The van der Waals surface area contributed by atoms with Crippen molar-refractivity contribution in [3.05, 3.63) is 33.7 Å². The number of pyridine rings is 1. The molecule has 1 aliphatic heterocycles. The third-order valence-electron chi connectivity index (χ3n) is 3.79. The maximum absolute atomic E-state index is 11.8. The van der Waals surface area contributed by atoms with Crippen LogP contribution >= 0.6 is 0 Å². The molecule has 0 radical (unpaired) electrons. The molecule has 0 unspecified atom stereocenters. The number of H-pyrrole nitrogens is 1. The molecule has 0 atom stereocenters. The summed E-state index contributed by atoms with van der Waals surface area (Å²) in [6, 6.07) is 1.64. The molecule has 0 spiro atoms. The van der Waals surface area contributed by atoms with Crippen LogP contribution in [0.15, 0.2) is 17.1 Å². The van der Waals surface area contributed by atoms with E-state index >= 15 is 0 Å². The van der Waals surface area contributed by atoms with Gasteiger partial charge in [0.2, 0.25) is 0 Å². The molecule has 4 nitrogen and oxygen atoms in total. The number of rotatable bonds is 6. The molecular formula is C15H25N3O. The van der Waals surface area contributed by atoms with E-state index in [2.05, 4.69) is 28.9 Å². The number of hydrogen-bond donors (Lipinski definition) is 1. The normalized spacial score (nSPS) is 15.7. The van der Waals surface area contributed by atoms with Gasteiger partial charge in [-0.25, -0.2) is 0 Å². The van der Waals surface area contributed by atoms with Crippen LogP contribution in [0.1, 0.15) is 30.5 Å². The monoisotopic (exact) mass is 263 g/mol. The first-order valence-corrected chi connectivity index (χ1v) is 7.23. The van der Waals surface area contributed by atoms with E-state index in [9.17, 15) is 4.79 Å². The summed E-state index contributed by atoms with van der Waals surface area (Å²) in [5, 5.41) is 0. The summed E-state index contributed by atoms with van der Waals surface area (Å²) >= 11 is 0. The first kappa shape index (κ1) is 14.3. The molecule has 2 rings (SSSR count). The second kappa shape index (κ2) is 6.87. The average molecular weight is 263 g/mol. The minimum atomic E-state index is 0.186. The lowest BCUT2D eigenvalue weighted by Gasteiger charge is -2.27. The topological polar surface area (TPSA) is 39.3 Å². The van der Waals surface area contributed by atoms with E-state index in [1.165, 1.54) is 25.8 Å². The molecule has 0 aromatic carbocycles. The van der Waals surface area contributed by atoms with Crippen LogP contribution in [-0.4, -0.2) is 48.5 Å². The Morgan fingerprint density at radius 1 is 1.32 bits per heavy atom. The summed E-state index contributed by atoms with van der Waals surface area (Å²) in [6.45, 7) is 4.17. The first-order chi connectivity index (χ1) is 9.16. The van der Waals surface area contributed by atoms with Gasteiger partial charge in [-0.15, -0.1) is 0 Å². The maximum Gasteiger partial charge on any atom is 0.186 e. The van der Waals surface area contributed by atoms with Crippen LogP contribution in [0, 0.1) is 0 Å². The molecule has 0 amide bonds. The molecule has 2 heterocycles. The summed E-state index contributed by atoms with van der Waals surface area (Å²) < 4.78 is 0. The van der Waals surface area contributed by atoms with E-state index in [1.54, 1.807) is 12.3 Å². The van der Waals surface area contributed by atoms with Crippen molar-refractivity contribution in [1.29, 1.82) is 0 Å². The van der Waals surface area contributed by atoms with E-state index in [0.29, 0.717) is 0 Å². The summed E-state index contributed by atoms with van der Waals surface area (Å²) in [5.74, 6) is 0. The average Bonchev–Trinajstić information content (AvgIpc) is 2.39. The standard InChI is InChI=1S/C15H25N3O/c1-17(2)9-4-3-5-10-18-11-7-14-13(12-18)15(19)6-8-16-14/h6,8H,3-5,7,9-12H2,1-2H3,(H,16,19). The minimum absolute atomic E-state index is 0.186. The van der Waals surface area contributed by atoms with Crippen LogP contribution in [0.25, 0.3) is 0 Å². The predicted octanol–water partition coefficient (Wildman–Crippen LogP) is 1.46. The molecule has 0 fully saturated rings. The number of nitrogens with zero attached hydrogens (tertiary/aromatic N) is 2. The zero-order chi connectivity index (χ0) is 13.7. The minimum Gasteiger partial charge on any atom is -0.364 e. The van der Waals surface area contributed by atoms with Crippen LogP contribution in [0.5, 0.6) is 0 Å². The van der Waals surface area contributed by atoms with Crippen LogP contribution in [0.2, 0.25) is 0 Å². The van der Waals surface area contributed by atoms with E-state index in [0.717, 1.165) is 37.3 Å². The van der Waals surface area contributed by atoms with E-state index in [-0.39, 0.29) is 5.43 Å². The largest absolute Gasteiger partial charge is 0.364 e. The summed E-state index contributed by atoms with van der Waals surface area (Å²) in [7, 11) is 4.24. The molecule has 1 aliphatic rings. The fourth-order valence-electron chi connectivity index (χ4n) is 2.65. The highest BCUT2D eigenvalue weighted by molar-refractivity contribution is 5.22. The van der Waals surface area contributed by atoms with E-state index in [4.69, 9.17) is 0 Å². The van der Waals surface area contributed by atoms with Gasteiger partial charge >= 0.3 is 0 Å².